The second-order valence-corrected chi connectivity index (χ2v) is 4.70. The lowest BCUT2D eigenvalue weighted by Crippen LogP contribution is -2.24. The first-order valence-corrected chi connectivity index (χ1v) is 5.92. The van der Waals surface area contributed by atoms with Gasteiger partial charge >= 0.3 is 0 Å². The third-order valence-electron chi connectivity index (χ3n) is 2.95. The maximum atomic E-state index is 11.6. The molecule has 1 heterocycles. The average molecular weight is 247 g/mol. The summed E-state index contributed by atoms with van der Waals surface area (Å²) >= 11 is 0. The number of anilines is 2. The molecule has 1 unspecified atom stereocenters. The fourth-order valence-electron chi connectivity index (χ4n) is 2.05. The SMILES string of the molecule is CC(N)CC(=O)Nc1ccc2c(c1)CC(=O)N2C. The van der Waals surface area contributed by atoms with Gasteiger partial charge in [-0.15, -0.1) is 0 Å². The molecule has 0 aliphatic carbocycles. The Morgan fingerprint density at radius 1 is 1.56 bits per heavy atom. The van der Waals surface area contributed by atoms with Crippen molar-refractivity contribution in [2.45, 2.75) is 25.8 Å². The second kappa shape index (κ2) is 4.78. The number of hydrogen-bond donors (Lipinski definition) is 2. The van der Waals surface area contributed by atoms with E-state index < -0.39 is 0 Å². The van der Waals surface area contributed by atoms with Crippen LogP contribution in [0.5, 0.6) is 0 Å². The number of nitrogens with zero attached hydrogens (tertiary/aromatic N) is 1. The molecule has 18 heavy (non-hydrogen) atoms. The van der Waals surface area contributed by atoms with E-state index in [4.69, 9.17) is 5.73 Å². The van der Waals surface area contributed by atoms with Crippen LogP contribution in [0.1, 0.15) is 18.9 Å². The van der Waals surface area contributed by atoms with Gasteiger partial charge in [0.1, 0.15) is 0 Å². The summed E-state index contributed by atoms with van der Waals surface area (Å²) < 4.78 is 0. The van der Waals surface area contributed by atoms with Crippen LogP contribution < -0.4 is 16.0 Å². The number of fused-ring (bicyclic) bond motifs is 1. The minimum absolute atomic E-state index is 0.0732. The molecule has 0 saturated heterocycles. The quantitative estimate of drug-likeness (QED) is 0.832. The maximum Gasteiger partial charge on any atom is 0.231 e. The van der Waals surface area contributed by atoms with Gasteiger partial charge in [-0.3, -0.25) is 9.59 Å². The highest BCUT2D eigenvalue weighted by Crippen LogP contribution is 2.29. The van der Waals surface area contributed by atoms with Crippen molar-refractivity contribution in [2.75, 3.05) is 17.3 Å². The summed E-state index contributed by atoms with van der Waals surface area (Å²) in [5.74, 6) is -0.0355. The van der Waals surface area contributed by atoms with Crippen molar-refractivity contribution in [1.82, 2.24) is 0 Å². The molecule has 5 nitrogen and oxygen atoms in total. The Morgan fingerprint density at radius 2 is 2.28 bits per heavy atom. The molecule has 2 rings (SSSR count). The van der Waals surface area contributed by atoms with E-state index in [1.807, 2.05) is 12.1 Å². The summed E-state index contributed by atoms with van der Waals surface area (Å²) in [5, 5.41) is 2.78. The summed E-state index contributed by atoms with van der Waals surface area (Å²) in [6, 6.07) is 5.33. The highest BCUT2D eigenvalue weighted by Gasteiger charge is 2.23. The summed E-state index contributed by atoms with van der Waals surface area (Å²) in [5.41, 5.74) is 8.13. The minimum Gasteiger partial charge on any atom is -0.327 e. The van der Waals surface area contributed by atoms with Crippen molar-refractivity contribution < 1.29 is 9.59 Å². The molecule has 5 heteroatoms. The van der Waals surface area contributed by atoms with Crippen molar-refractivity contribution in [2.24, 2.45) is 5.73 Å². The number of rotatable bonds is 3. The Balaban J connectivity index is 2.11. The fraction of sp³-hybridized carbons (Fsp3) is 0.385. The predicted octanol–water partition coefficient (Wildman–Crippen LogP) is 0.881. The van der Waals surface area contributed by atoms with Crippen molar-refractivity contribution in [1.29, 1.82) is 0 Å². The van der Waals surface area contributed by atoms with Crippen LogP contribution in [0.25, 0.3) is 0 Å². The number of hydrogen-bond acceptors (Lipinski definition) is 3. The molecule has 0 bridgehead atoms. The van der Waals surface area contributed by atoms with E-state index in [-0.39, 0.29) is 24.3 Å². The van der Waals surface area contributed by atoms with Crippen LogP contribution in [-0.4, -0.2) is 24.9 Å². The van der Waals surface area contributed by atoms with Crippen LogP contribution in [-0.2, 0) is 16.0 Å². The summed E-state index contributed by atoms with van der Waals surface area (Å²) in [4.78, 5) is 24.7. The number of carbonyl (C=O) groups excluding carboxylic acids is 2. The van der Waals surface area contributed by atoms with E-state index in [2.05, 4.69) is 5.32 Å². The monoisotopic (exact) mass is 247 g/mol. The minimum atomic E-state index is -0.160. The molecule has 0 radical (unpaired) electrons. The summed E-state index contributed by atoms with van der Waals surface area (Å²) in [6.07, 6.45) is 0.679. The molecule has 0 fully saturated rings. The second-order valence-electron chi connectivity index (χ2n) is 4.70. The number of likely N-dealkylation sites (N-methyl/N-ethyl adjacent to an activating group) is 1. The topological polar surface area (TPSA) is 75.4 Å². The molecule has 1 aromatic carbocycles. The van der Waals surface area contributed by atoms with Gasteiger partial charge in [-0.25, -0.2) is 0 Å². The molecule has 1 aliphatic rings. The van der Waals surface area contributed by atoms with Gasteiger partial charge in [0.25, 0.3) is 0 Å². The number of amides is 2. The molecule has 1 aromatic rings. The average Bonchev–Trinajstić information content (AvgIpc) is 2.53. The zero-order chi connectivity index (χ0) is 13.3. The van der Waals surface area contributed by atoms with Gasteiger partial charge in [-0.05, 0) is 30.7 Å². The van der Waals surface area contributed by atoms with E-state index in [1.54, 1.807) is 24.9 Å². The molecular weight excluding hydrogens is 230 g/mol. The largest absolute Gasteiger partial charge is 0.327 e. The van der Waals surface area contributed by atoms with Crippen LogP contribution in [0.3, 0.4) is 0 Å². The first-order chi connectivity index (χ1) is 8.47. The highest BCUT2D eigenvalue weighted by molar-refractivity contribution is 6.02. The molecule has 0 saturated carbocycles. The normalized spacial score (nSPS) is 15.5. The number of benzene rings is 1. The zero-order valence-corrected chi connectivity index (χ0v) is 10.6. The van der Waals surface area contributed by atoms with E-state index in [0.717, 1.165) is 11.3 Å². The molecule has 0 aromatic heterocycles. The van der Waals surface area contributed by atoms with Crippen LogP contribution in [0.15, 0.2) is 18.2 Å². The van der Waals surface area contributed by atoms with Crippen molar-refractivity contribution in [3.63, 3.8) is 0 Å². The predicted molar refractivity (Wildman–Crippen MR) is 70.5 cm³/mol. The lowest BCUT2D eigenvalue weighted by Gasteiger charge is -2.11. The maximum absolute atomic E-state index is 11.6. The van der Waals surface area contributed by atoms with Crippen molar-refractivity contribution >= 4 is 23.2 Å². The number of nitrogens with two attached hydrogens (primary N) is 1. The third kappa shape index (κ3) is 2.51. The van der Waals surface area contributed by atoms with Crippen LogP contribution >= 0.6 is 0 Å². The molecular formula is C13H17N3O2. The Labute approximate surface area is 106 Å². The van der Waals surface area contributed by atoms with Crippen molar-refractivity contribution in [3.8, 4) is 0 Å². The molecule has 2 amide bonds. The van der Waals surface area contributed by atoms with Gasteiger partial charge in [0.15, 0.2) is 0 Å². The number of nitrogens with one attached hydrogen (secondary N) is 1. The zero-order valence-electron chi connectivity index (χ0n) is 10.6. The van der Waals surface area contributed by atoms with Crippen LogP contribution in [0, 0.1) is 0 Å². The van der Waals surface area contributed by atoms with Gasteiger partial charge in [0.2, 0.25) is 11.8 Å². The fourth-order valence-corrected chi connectivity index (χ4v) is 2.05. The van der Waals surface area contributed by atoms with Gasteiger partial charge in [-0.2, -0.15) is 0 Å². The van der Waals surface area contributed by atoms with Gasteiger partial charge in [-0.1, -0.05) is 0 Å². The Kier molecular flexibility index (Phi) is 3.34. The van der Waals surface area contributed by atoms with Crippen LogP contribution in [0.4, 0.5) is 11.4 Å². The van der Waals surface area contributed by atoms with E-state index in [0.29, 0.717) is 12.1 Å². The lowest BCUT2D eigenvalue weighted by molar-refractivity contribution is -0.117. The third-order valence-corrected chi connectivity index (χ3v) is 2.95. The molecule has 1 aliphatic heterocycles. The Morgan fingerprint density at radius 3 is 2.94 bits per heavy atom. The lowest BCUT2D eigenvalue weighted by atomic mass is 10.1. The Hall–Kier alpha value is -1.88. The number of carbonyl (C=O) groups is 2. The highest BCUT2D eigenvalue weighted by atomic mass is 16.2. The van der Waals surface area contributed by atoms with Crippen LogP contribution in [0.2, 0.25) is 0 Å². The molecule has 96 valence electrons. The van der Waals surface area contributed by atoms with Gasteiger partial charge in [0, 0.05) is 30.9 Å². The summed E-state index contributed by atoms with van der Waals surface area (Å²) in [7, 11) is 1.75. The Bertz CT molecular complexity index is 497. The first-order valence-electron chi connectivity index (χ1n) is 5.92. The smallest absolute Gasteiger partial charge is 0.231 e. The first kappa shape index (κ1) is 12.6. The van der Waals surface area contributed by atoms with E-state index in [9.17, 15) is 9.59 Å². The standard InChI is InChI=1S/C13H17N3O2/c1-8(14)5-12(17)15-10-3-4-11-9(6-10)7-13(18)16(11)2/h3-4,6,8H,5,7,14H2,1-2H3,(H,15,17). The summed E-state index contributed by atoms with van der Waals surface area (Å²) in [6.45, 7) is 1.79. The molecule has 3 N–H and O–H groups in total. The van der Waals surface area contributed by atoms with E-state index >= 15 is 0 Å². The molecule has 0 spiro atoms. The van der Waals surface area contributed by atoms with Gasteiger partial charge in [0.05, 0.1) is 6.42 Å². The van der Waals surface area contributed by atoms with Gasteiger partial charge < -0.3 is 16.0 Å². The molecule has 1 atom stereocenters. The van der Waals surface area contributed by atoms with Crippen molar-refractivity contribution in [3.05, 3.63) is 23.8 Å². The van der Waals surface area contributed by atoms with E-state index in [1.165, 1.54) is 0 Å².